The van der Waals surface area contributed by atoms with E-state index in [4.69, 9.17) is 9.84 Å². The largest absolute Gasteiger partial charge is 0.481 e. The van der Waals surface area contributed by atoms with Crippen molar-refractivity contribution >= 4 is 28.5 Å². The van der Waals surface area contributed by atoms with Gasteiger partial charge in [-0.05, 0) is 57.8 Å². The highest BCUT2D eigenvalue weighted by Crippen LogP contribution is 2.33. The third-order valence-corrected chi connectivity index (χ3v) is 6.22. The van der Waals surface area contributed by atoms with Crippen molar-refractivity contribution in [3.8, 4) is 39.5 Å². The average molecular weight is 469 g/mol. The molecule has 0 aliphatic rings. The van der Waals surface area contributed by atoms with Crippen LogP contribution < -0.4 is 4.74 Å². The number of nitrogens with zero attached hydrogens (tertiary/aromatic N) is 3. The minimum Gasteiger partial charge on any atom is -0.481 e. The molecule has 2 heterocycles. The van der Waals surface area contributed by atoms with Crippen molar-refractivity contribution < 1.29 is 14.6 Å². The van der Waals surface area contributed by atoms with Gasteiger partial charge in [-0.15, -0.1) is 10.2 Å². The topological polar surface area (TPSA) is 101 Å². The molecule has 7 nitrogen and oxygen atoms in total. The molecule has 8 heteroatoms. The number of methoxy groups -OCH3 is 1. The van der Waals surface area contributed by atoms with Crippen LogP contribution in [0.5, 0.6) is 5.88 Å². The van der Waals surface area contributed by atoms with Crippen LogP contribution in [-0.2, 0) is 4.79 Å². The first kappa shape index (κ1) is 21.7. The zero-order valence-electron chi connectivity index (χ0n) is 18.2. The van der Waals surface area contributed by atoms with Crippen molar-refractivity contribution in [1.82, 2.24) is 20.2 Å². The number of pyridine rings is 1. The number of thioether (sulfide) groups is 1. The minimum absolute atomic E-state index is 0.0888. The molecule has 5 rings (SSSR count). The van der Waals surface area contributed by atoms with Crippen LogP contribution in [0.3, 0.4) is 0 Å². The molecule has 0 bridgehead atoms. The molecule has 0 spiro atoms. The first-order valence-electron chi connectivity index (χ1n) is 10.5. The standard InChI is InChI=1S/C26H20N4O3S/c1-33-23-9-8-19(14-27-23)21-11-20(18-7-6-16-4-2-3-5-17(16)10-18)12-22(13-21)25-28-26(30-29-25)34-15-24(31)32/h2-14H,15H2,1H3,(H,31,32)(H,28,29,30). The number of carboxylic acid groups (broad SMARTS) is 1. The number of H-pyrrole nitrogens is 1. The first-order chi connectivity index (χ1) is 16.6. The molecule has 0 saturated carbocycles. The zero-order chi connectivity index (χ0) is 23.5. The summed E-state index contributed by atoms with van der Waals surface area (Å²) in [5.41, 5.74) is 4.83. The van der Waals surface area contributed by atoms with E-state index in [0.29, 0.717) is 16.9 Å². The predicted octanol–water partition coefficient (Wildman–Crippen LogP) is 5.54. The molecular formula is C26H20N4O3S. The third kappa shape index (κ3) is 4.62. The number of carbonyl (C=O) groups is 1. The second-order valence-electron chi connectivity index (χ2n) is 7.61. The fraction of sp³-hybridized carbons (Fsp3) is 0.0769. The highest BCUT2D eigenvalue weighted by molar-refractivity contribution is 7.99. The van der Waals surface area contributed by atoms with E-state index in [-0.39, 0.29) is 5.75 Å². The Hall–Kier alpha value is -4.17. The second kappa shape index (κ2) is 9.36. The summed E-state index contributed by atoms with van der Waals surface area (Å²) in [5, 5.41) is 20.1. The summed E-state index contributed by atoms with van der Waals surface area (Å²) in [7, 11) is 1.59. The van der Waals surface area contributed by atoms with Gasteiger partial charge in [-0.25, -0.2) is 4.98 Å². The number of rotatable bonds is 7. The smallest absolute Gasteiger partial charge is 0.313 e. The minimum atomic E-state index is -0.907. The Labute approximate surface area is 199 Å². The maximum Gasteiger partial charge on any atom is 0.313 e. The van der Waals surface area contributed by atoms with E-state index < -0.39 is 5.97 Å². The second-order valence-corrected chi connectivity index (χ2v) is 8.58. The van der Waals surface area contributed by atoms with Crippen molar-refractivity contribution in [3.05, 3.63) is 79.0 Å². The van der Waals surface area contributed by atoms with Gasteiger partial charge in [0.15, 0.2) is 11.0 Å². The lowest BCUT2D eigenvalue weighted by molar-refractivity contribution is -0.133. The van der Waals surface area contributed by atoms with Crippen LogP contribution in [0, 0.1) is 0 Å². The Kier molecular flexibility index (Phi) is 5.97. The van der Waals surface area contributed by atoms with Crippen LogP contribution in [0.4, 0.5) is 0 Å². The molecule has 168 valence electrons. The number of carboxylic acids is 1. The van der Waals surface area contributed by atoms with Crippen LogP contribution in [0.2, 0.25) is 0 Å². The van der Waals surface area contributed by atoms with Crippen LogP contribution >= 0.6 is 11.8 Å². The van der Waals surface area contributed by atoms with E-state index >= 15 is 0 Å². The van der Waals surface area contributed by atoms with E-state index in [0.717, 1.165) is 45.0 Å². The third-order valence-electron chi connectivity index (χ3n) is 5.37. The summed E-state index contributed by atoms with van der Waals surface area (Å²) in [4.78, 5) is 18.4. The summed E-state index contributed by atoms with van der Waals surface area (Å²) in [5.74, 6) is 0.118. The number of benzene rings is 3. The summed E-state index contributed by atoms with van der Waals surface area (Å²) in [6, 6.07) is 24.6. The van der Waals surface area contributed by atoms with Crippen molar-refractivity contribution in [3.63, 3.8) is 0 Å². The van der Waals surface area contributed by atoms with Crippen LogP contribution in [0.25, 0.3) is 44.4 Å². The molecule has 2 aromatic heterocycles. The van der Waals surface area contributed by atoms with Crippen LogP contribution in [0.15, 0.2) is 84.1 Å². The van der Waals surface area contributed by atoms with E-state index in [1.807, 2.05) is 30.3 Å². The van der Waals surface area contributed by atoms with Crippen molar-refractivity contribution in [1.29, 1.82) is 0 Å². The summed E-state index contributed by atoms with van der Waals surface area (Å²) in [6.07, 6.45) is 1.77. The number of aromatic amines is 1. The van der Waals surface area contributed by atoms with Crippen LogP contribution in [0.1, 0.15) is 0 Å². The van der Waals surface area contributed by atoms with Crippen molar-refractivity contribution in [2.75, 3.05) is 12.9 Å². The Balaban J connectivity index is 1.60. The number of fused-ring (bicyclic) bond motifs is 1. The lowest BCUT2D eigenvalue weighted by Gasteiger charge is -2.11. The van der Waals surface area contributed by atoms with E-state index in [2.05, 4.69) is 62.6 Å². The molecule has 0 aliphatic heterocycles. The molecule has 5 aromatic rings. The molecule has 0 saturated heterocycles. The Morgan fingerprint density at radius 2 is 1.62 bits per heavy atom. The molecule has 0 atom stereocenters. The lowest BCUT2D eigenvalue weighted by Crippen LogP contribution is -1.97. The molecule has 0 unspecified atom stereocenters. The lowest BCUT2D eigenvalue weighted by atomic mass is 9.95. The van der Waals surface area contributed by atoms with E-state index in [9.17, 15) is 4.79 Å². The summed E-state index contributed by atoms with van der Waals surface area (Å²) < 4.78 is 5.20. The molecule has 0 radical (unpaired) electrons. The maximum absolute atomic E-state index is 10.9. The number of aliphatic carboxylic acids is 1. The normalized spacial score (nSPS) is 11.0. The molecular weight excluding hydrogens is 448 g/mol. The maximum atomic E-state index is 10.9. The van der Waals surface area contributed by atoms with Crippen molar-refractivity contribution in [2.24, 2.45) is 0 Å². The number of ether oxygens (including phenoxy) is 1. The number of hydrogen-bond acceptors (Lipinski definition) is 6. The van der Waals surface area contributed by atoms with Gasteiger partial charge in [0.05, 0.1) is 12.9 Å². The molecule has 34 heavy (non-hydrogen) atoms. The van der Waals surface area contributed by atoms with Gasteiger partial charge in [-0.1, -0.05) is 48.2 Å². The number of aromatic nitrogens is 4. The Bertz CT molecular complexity index is 1480. The highest BCUT2D eigenvalue weighted by atomic mass is 32.2. The van der Waals surface area contributed by atoms with E-state index in [1.54, 1.807) is 13.3 Å². The fourth-order valence-electron chi connectivity index (χ4n) is 3.71. The van der Waals surface area contributed by atoms with Gasteiger partial charge in [0.1, 0.15) is 0 Å². The average Bonchev–Trinajstić information content (AvgIpc) is 3.36. The van der Waals surface area contributed by atoms with Gasteiger partial charge in [-0.3, -0.25) is 4.79 Å². The zero-order valence-corrected chi connectivity index (χ0v) is 19.0. The molecule has 0 fully saturated rings. The monoisotopic (exact) mass is 468 g/mol. The van der Waals surface area contributed by atoms with Gasteiger partial charge in [0, 0.05) is 23.4 Å². The predicted molar refractivity (Wildman–Crippen MR) is 133 cm³/mol. The summed E-state index contributed by atoms with van der Waals surface area (Å²) in [6.45, 7) is 0. The van der Waals surface area contributed by atoms with Crippen molar-refractivity contribution in [2.45, 2.75) is 5.16 Å². The molecule has 2 N–H and O–H groups in total. The van der Waals surface area contributed by atoms with Crippen LogP contribution in [-0.4, -0.2) is 44.1 Å². The van der Waals surface area contributed by atoms with Gasteiger partial charge in [0.2, 0.25) is 5.88 Å². The van der Waals surface area contributed by atoms with Gasteiger partial charge in [0.25, 0.3) is 0 Å². The van der Waals surface area contributed by atoms with Gasteiger partial charge < -0.3 is 14.8 Å². The van der Waals surface area contributed by atoms with Gasteiger partial charge in [-0.2, -0.15) is 0 Å². The quantitative estimate of drug-likeness (QED) is 0.303. The molecule has 0 aliphatic carbocycles. The molecule has 0 amide bonds. The fourth-order valence-corrected chi connectivity index (χ4v) is 4.24. The number of hydrogen-bond donors (Lipinski definition) is 2. The first-order valence-corrected chi connectivity index (χ1v) is 11.5. The molecule has 3 aromatic carbocycles. The Morgan fingerprint density at radius 3 is 2.35 bits per heavy atom. The Morgan fingerprint density at radius 1 is 0.882 bits per heavy atom. The summed E-state index contributed by atoms with van der Waals surface area (Å²) >= 11 is 1.10. The van der Waals surface area contributed by atoms with Gasteiger partial charge >= 0.3 is 5.97 Å². The number of nitrogens with one attached hydrogen (secondary N) is 1. The van der Waals surface area contributed by atoms with E-state index in [1.165, 1.54) is 5.39 Å². The highest BCUT2D eigenvalue weighted by Gasteiger charge is 2.12. The SMILES string of the molecule is COc1ccc(-c2cc(-c3ccc4ccccc4c3)cc(-c3nnc(SCC(=O)O)[nH]3)c2)cn1.